The van der Waals surface area contributed by atoms with Gasteiger partial charge >= 0.3 is 5.97 Å². The number of hydrogen-bond acceptors (Lipinski definition) is 4. The zero-order valence-electron chi connectivity index (χ0n) is 12.0. The first kappa shape index (κ1) is 13.0. The minimum atomic E-state index is -0.980. The second-order valence-corrected chi connectivity index (χ2v) is 5.65. The van der Waals surface area contributed by atoms with E-state index in [1.807, 2.05) is 18.3 Å². The number of fused-ring (bicyclic) bond motifs is 1. The minimum Gasteiger partial charge on any atom is -0.478 e. The second kappa shape index (κ2) is 4.66. The predicted molar refractivity (Wildman–Crippen MR) is 80.9 cm³/mol. The van der Waals surface area contributed by atoms with E-state index < -0.39 is 5.97 Å². The van der Waals surface area contributed by atoms with Gasteiger partial charge in [-0.25, -0.2) is 9.78 Å². The molecule has 1 N–H and O–H groups in total. The number of furan rings is 1. The summed E-state index contributed by atoms with van der Waals surface area (Å²) in [7, 11) is 0. The Morgan fingerprint density at radius 3 is 2.86 bits per heavy atom. The number of aryl methyl sites for hydroxylation is 1. The van der Waals surface area contributed by atoms with Gasteiger partial charge in [0.1, 0.15) is 16.9 Å². The zero-order valence-corrected chi connectivity index (χ0v) is 12.0. The van der Waals surface area contributed by atoms with E-state index in [1.165, 1.54) is 12.8 Å². The van der Waals surface area contributed by atoms with Crippen LogP contribution in [0.1, 0.15) is 40.6 Å². The molecule has 5 heteroatoms. The average Bonchev–Trinajstić information content (AvgIpc) is 3.29. The second-order valence-electron chi connectivity index (χ2n) is 5.65. The Labute approximate surface area is 126 Å². The van der Waals surface area contributed by atoms with Gasteiger partial charge in [-0.2, -0.15) is 0 Å². The molecule has 0 unspecified atom stereocenters. The van der Waals surface area contributed by atoms with Crippen molar-refractivity contribution < 1.29 is 14.3 Å². The van der Waals surface area contributed by atoms with Crippen LogP contribution in [0.3, 0.4) is 0 Å². The molecular formula is C17H14N2O3. The molecule has 1 aliphatic rings. The van der Waals surface area contributed by atoms with Crippen LogP contribution in [0.2, 0.25) is 0 Å². The number of aromatic nitrogens is 2. The molecule has 1 saturated carbocycles. The van der Waals surface area contributed by atoms with E-state index in [0.717, 1.165) is 17.0 Å². The molecule has 4 rings (SSSR count). The van der Waals surface area contributed by atoms with Gasteiger partial charge in [-0.3, -0.25) is 4.98 Å². The monoisotopic (exact) mass is 294 g/mol. The third-order valence-electron chi connectivity index (χ3n) is 4.02. The van der Waals surface area contributed by atoms with Crippen molar-refractivity contribution in [1.29, 1.82) is 0 Å². The van der Waals surface area contributed by atoms with Crippen molar-refractivity contribution in [3.8, 4) is 11.3 Å². The normalized spacial score (nSPS) is 14.4. The molecule has 0 atom stereocenters. The molecule has 0 radical (unpaired) electrons. The largest absolute Gasteiger partial charge is 0.478 e. The SMILES string of the molecule is Cc1oc2ccc(-c3cncc(C4CC4)n3)cc2c1C(=O)O. The van der Waals surface area contributed by atoms with Crippen LogP contribution < -0.4 is 0 Å². The highest BCUT2D eigenvalue weighted by atomic mass is 16.4. The molecular weight excluding hydrogens is 280 g/mol. The highest BCUT2D eigenvalue weighted by Gasteiger charge is 2.25. The molecule has 22 heavy (non-hydrogen) atoms. The molecule has 5 nitrogen and oxygen atoms in total. The zero-order chi connectivity index (χ0) is 15.3. The van der Waals surface area contributed by atoms with E-state index in [4.69, 9.17) is 4.42 Å². The summed E-state index contributed by atoms with van der Waals surface area (Å²) in [4.78, 5) is 20.3. The number of hydrogen-bond donors (Lipinski definition) is 1. The number of benzene rings is 1. The first-order valence-corrected chi connectivity index (χ1v) is 7.22. The van der Waals surface area contributed by atoms with Crippen LogP contribution in [-0.2, 0) is 0 Å². The molecule has 0 amide bonds. The van der Waals surface area contributed by atoms with Crippen LogP contribution >= 0.6 is 0 Å². The molecule has 2 heterocycles. The van der Waals surface area contributed by atoms with Gasteiger partial charge in [0, 0.05) is 23.1 Å². The van der Waals surface area contributed by atoms with Crippen LogP contribution in [0.4, 0.5) is 0 Å². The Morgan fingerprint density at radius 1 is 1.32 bits per heavy atom. The fourth-order valence-corrected chi connectivity index (χ4v) is 2.74. The standard InChI is InChI=1S/C17H14N2O3/c1-9-16(17(20)21)12-6-11(4-5-15(12)22-9)14-8-18-7-13(19-14)10-2-3-10/h4-8,10H,2-3H2,1H3,(H,20,21). The Hall–Kier alpha value is -2.69. The predicted octanol–water partition coefficient (Wildman–Crippen LogP) is 3.77. The molecule has 1 fully saturated rings. The molecule has 1 aromatic carbocycles. The Kier molecular flexibility index (Phi) is 2.76. The van der Waals surface area contributed by atoms with Gasteiger partial charge in [0.05, 0.1) is 17.6 Å². The number of rotatable bonds is 3. The van der Waals surface area contributed by atoms with Crippen molar-refractivity contribution in [3.63, 3.8) is 0 Å². The highest BCUT2D eigenvalue weighted by Crippen LogP contribution is 2.39. The summed E-state index contributed by atoms with van der Waals surface area (Å²) in [6.45, 7) is 1.66. The van der Waals surface area contributed by atoms with E-state index in [0.29, 0.717) is 22.6 Å². The number of carbonyl (C=O) groups is 1. The lowest BCUT2D eigenvalue weighted by molar-refractivity contribution is 0.0697. The van der Waals surface area contributed by atoms with Gasteiger partial charge in [-0.1, -0.05) is 0 Å². The first-order chi connectivity index (χ1) is 10.6. The highest BCUT2D eigenvalue weighted by molar-refractivity contribution is 6.04. The fourth-order valence-electron chi connectivity index (χ4n) is 2.74. The van der Waals surface area contributed by atoms with Gasteiger partial charge in [-0.05, 0) is 38.0 Å². The van der Waals surface area contributed by atoms with Crippen LogP contribution in [0.25, 0.3) is 22.2 Å². The van der Waals surface area contributed by atoms with Crippen molar-refractivity contribution in [2.24, 2.45) is 0 Å². The van der Waals surface area contributed by atoms with E-state index in [-0.39, 0.29) is 5.56 Å². The molecule has 110 valence electrons. The number of carboxylic acids is 1. The van der Waals surface area contributed by atoms with Crippen LogP contribution in [0, 0.1) is 6.92 Å². The van der Waals surface area contributed by atoms with Crippen molar-refractivity contribution in [2.75, 3.05) is 0 Å². The van der Waals surface area contributed by atoms with E-state index >= 15 is 0 Å². The topological polar surface area (TPSA) is 76.2 Å². The maximum absolute atomic E-state index is 11.4. The number of nitrogens with zero attached hydrogens (tertiary/aromatic N) is 2. The average molecular weight is 294 g/mol. The number of carboxylic acid groups (broad SMARTS) is 1. The van der Waals surface area contributed by atoms with Gasteiger partial charge in [-0.15, -0.1) is 0 Å². The van der Waals surface area contributed by atoms with Crippen LogP contribution in [0.15, 0.2) is 35.0 Å². The van der Waals surface area contributed by atoms with Crippen LogP contribution in [0.5, 0.6) is 0 Å². The summed E-state index contributed by atoms with van der Waals surface area (Å²) in [5, 5.41) is 9.95. The van der Waals surface area contributed by atoms with Crippen molar-refractivity contribution in [2.45, 2.75) is 25.7 Å². The van der Waals surface area contributed by atoms with Crippen molar-refractivity contribution >= 4 is 16.9 Å². The fraction of sp³-hybridized carbons (Fsp3) is 0.235. The third-order valence-corrected chi connectivity index (χ3v) is 4.02. The number of aromatic carboxylic acids is 1. The van der Waals surface area contributed by atoms with Crippen LogP contribution in [-0.4, -0.2) is 21.0 Å². The summed E-state index contributed by atoms with van der Waals surface area (Å²) >= 11 is 0. The maximum Gasteiger partial charge on any atom is 0.339 e. The summed E-state index contributed by atoms with van der Waals surface area (Å²) in [6, 6.07) is 5.49. The Balaban J connectivity index is 1.86. The van der Waals surface area contributed by atoms with E-state index in [2.05, 4.69) is 9.97 Å². The van der Waals surface area contributed by atoms with Crippen molar-refractivity contribution in [3.05, 3.63) is 47.6 Å². The minimum absolute atomic E-state index is 0.211. The molecule has 3 aromatic rings. The van der Waals surface area contributed by atoms with Gasteiger partial charge in [0.15, 0.2) is 0 Å². The van der Waals surface area contributed by atoms with Gasteiger partial charge in [0.25, 0.3) is 0 Å². The molecule has 0 saturated heterocycles. The lowest BCUT2D eigenvalue weighted by atomic mass is 10.1. The first-order valence-electron chi connectivity index (χ1n) is 7.22. The smallest absolute Gasteiger partial charge is 0.339 e. The molecule has 0 spiro atoms. The van der Waals surface area contributed by atoms with Gasteiger partial charge in [0.2, 0.25) is 0 Å². The lowest BCUT2D eigenvalue weighted by Gasteiger charge is -2.03. The summed E-state index contributed by atoms with van der Waals surface area (Å²) in [5.41, 5.74) is 3.42. The molecule has 1 aliphatic carbocycles. The van der Waals surface area contributed by atoms with E-state index in [9.17, 15) is 9.90 Å². The van der Waals surface area contributed by atoms with Crippen molar-refractivity contribution in [1.82, 2.24) is 9.97 Å². The summed E-state index contributed by atoms with van der Waals surface area (Å²) in [5.74, 6) is -0.0365. The van der Waals surface area contributed by atoms with E-state index in [1.54, 1.807) is 19.2 Å². The lowest BCUT2D eigenvalue weighted by Crippen LogP contribution is -1.97. The molecule has 0 bridgehead atoms. The van der Waals surface area contributed by atoms with Gasteiger partial charge < -0.3 is 9.52 Å². The Morgan fingerprint density at radius 2 is 2.14 bits per heavy atom. The Bertz CT molecular complexity index is 894. The summed E-state index contributed by atoms with van der Waals surface area (Å²) < 4.78 is 5.51. The quantitative estimate of drug-likeness (QED) is 0.795. The maximum atomic E-state index is 11.4. The third kappa shape index (κ3) is 2.06. The molecule has 0 aliphatic heterocycles. The molecule has 2 aromatic heterocycles. The summed E-state index contributed by atoms with van der Waals surface area (Å²) in [6.07, 6.45) is 5.85.